The van der Waals surface area contributed by atoms with E-state index >= 15 is 0 Å². The van der Waals surface area contributed by atoms with Crippen LogP contribution in [0.2, 0.25) is 0 Å². The molecule has 1 aromatic carbocycles. The number of rotatable bonds is 4. The average Bonchev–Trinajstić information content (AvgIpc) is 2.16. The van der Waals surface area contributed by atoms with Crippen LogP contribution < -0.4 is 10.5 Å². The fourth-order valence-electron chi connectivity index (χ4n) is 0.903. The van der Waals surface area contributed by atoms with Crippen molar-refractivity contribution in [2.45, 2.75) is 11.3 Å². The van der Waals surface area contributed by atoms with E-state index < -0.39 is 23.0 Å². The Labute approximate surface area is 86.1 Å². The lowest BCUT2D eigenvalue weighted by Gasteiger charge is -2.05. The van der Waals surface area contributed by atoms with Gasteiger partial charge in [-0.2, -0.15) is 0 Å². The van der Waals surface area contributed by atoms with Gasteiger partial charge in [0.25, 0.3) is 6.43 Å². The largest absolute Gasteiger partial charge is 0.399 e. The molecule has 84 valence electrons. The maximum Gasteiger partial charge on any atom is 0.251 e. The lowest BCUT2D eigenvalue weighted by atomic mass is 10.3. The highest BCUT2D eigenvalue weighted by molar-refractivity contribution is 7.89. The second-order valence-electron chi connectivity index (χ2n) is 2.81. The number of alkyl halides is 2. The van der Waals surface area contributed by atoms with E-state index in [0.29, 0.717) is 5.69 Å². The van der Waals surface area contributed by atoms with Crippen LogP contribution in [0.15, 0.2) is 29.2 Å². The maximum absolute atomic E-state index is 11.8. The molecule has 0 aromatic heterocycles. The van der Waals surface area contributed by atoms with Crippen molar-refractivity contribution >= 4 is 15.7 Å². The summed E-state index contributed by atoms with van der Waals surface area (Å²) in [4.78, 5) is -0.0858. The number of benzene rings is 1. The third-order valence-corrected chi connectivity index (χ3v) is 3.06. The molecule has 0 aliphatic rings. The van der Waals surface area contributed by atoms with Crippen molar-refractivity contribution in [2.75, 3.05) is 12.3 Å². The SMILES string of the molecule is Nc1ccc(S(=O)(=O)NCC(F)F)cc1. The first-order valence-corrected chi connectivity index (χ1v) is 5.53. The molecular formula is C8H10F2N2O2S. The molecule has 0 radical (unpaired) electrons. The number of nitrogen functional groups attached to an aromatic ring is 1. The molecule has 0 saturated heterocycles. The first-order chi connectivity index (χ1) is 6.92. The third-order valence-electron chi connectivity index (χ3n) is 1.62. The van der Waals surface area contributed by atoms with Crippen LogP contribution in [0.25, 0.3) is 0 Å². The quantitative estimate of drug-likeness (QED) is 0.760. The van der Waals surface area contributed by atoms with Gasteiger partial charge in [0.15, 0.2) is 0 Å². The van der Waals surface area contributed by atoms with Gasteiger partial charge in [-0.15, -0.1) is 0 Å². The van der Waals surface area contributed by atoms with Gasteiger partial charge in [-0.1, -0.05) is 0 Å². The van der Waals surface area contributed by atoms with Crippen molar-refractivity contribution in [2.24, 2.45) is 0 Å². The van der Waals surface area contributed by atoms with Gasteiger partial charge < -0.3 is 5.73 Å². The van der Waals surface area contributed by atoms with Crippen molar-refractivity contribution in [3.8, 4) is 0 Å². The molecule has 1 aromatic rings. The molecule has 7 heteroatoms. The van der Waals surface area contributed by atoms with E-state index in [0.717, 1.165) is 0 Å². The van der Waals surface area contributed by atoms with E-state index in [1.165, 1.54) is 24.3 Å². The van der Waals surface area contributed by atoms with Crippen LogP contribution in [0.4, 0.5) is 14.5 Å². The average molecular weight is 236 g/mol. The Kier molecular flexibility index (Phi) is 3.59. The standard InChI is InChI=1S/C8H10F2N2O2S/c9-8(10)5-12-15(13,14)7-3-1-6(11)2-4-7/h1-4,8,12H,5,11H2. The highest BCUT2D eigenvalue weighted by atomic mass is 32.2. The number of hydrogen-bond donors (Lipinski definition) is 2. The highest BCUT2D eigenvalue weighted by Gasteiger charge is 2.15. The minimum Gasteiger partial charge on any atom is -0.399 e. The smallest absolute Gasteiger partial charge is 0.251 e. The molecule has 15 heavy (non-hydrogen) atoms. The summed E-state index contributed by atoms with van der Waals surface area (Å²) in [5, 5.41) is 0. The highest BCUT2D eigenvalue weighted by Crippen LogP contribution is 2.11. The Bertz CT molecular complexity index is 417. The van der Waals surface area contributed by atoms with Gasteiger partial charge in [0, 0.05) is 5.69 Å². The predicted octanol–water partition coefficient (Wildman–Crippen LogP) is 0.812. The zero-order chi connectivity index (χ0) is 11.5. The second-order valence-corrected chi connectivity index (χ2v) is 4.58. The topological polar surface area (TPSA) is 72.2 Å². The molecule has 0 aliphatic heterocycles. The van der Waals surface area contributed by atoms with Crippen molar-refractivity contribution in [3.63, 3.8) is 0 Å². The third kappa shape index (κ3) is 3.45. The van der Waals surface area contributed by atoms with E-state index in [1.54, 1.807) is 4.72 Å². The van der Waals surface area contributed by atoms with Gasteiger partial charge in [-0.3, -0.25) is 0 Å². The van der Waals surface area contributed by atoms with Crippen molar-refractivity contribution in [1.82, 2.24) is 4.72 Å². The molecule has 0 aliphatic carbocycles. The van der Waals surface area contributed by atoms with Gasteiger partial charge in [0.2, 0.25) is 10.0 Å². The summed E-state index contributed by atoms with van der Waals surface area (Å²) in [6.07, 6.45) is -2.71. The van der Waals surface area contributed by atoms with Crippen LogP contribution in [-0.4, -0.2) is 21.4 Å². The van der Waals surface area contributed by atoms with Crippen LogP contribution in [-0.2, 0) is 10.0 Å². The Hall–Kier alpha value is -1.21. The number of nitrogens with two attached hydrogens (primary N) is 1. The van der Waals surface area contributed by atoms with Crippen molar-refractivity contribution in [1.29, 1.82) is 0 Å². The van der Waals surface area contributed by atoms with Crippen LogP contribution in [0.1, 0.15) is 0 Å². The molecule has 0 bridgehead atoms. The summed E-state index contributed by atoms with van der Waals surface area (Å²) in [7, 11) is -3.86. The molecule has 0 spiro atoms. The zero-order valence-corrected chi connectivity index (χ0v) is 8.47. The number of hydrogen-bond acceptors (Lipinski definition) is 3. The summed E-state index contributed by atoms with van der Waals surface area (Å²) in [5.74, 6) is 0. The zero-order valence-electron chi connectivity index (χ0n) is 7.65. The summed E-state index contributed by atoms with van der Waals surface area (Å²) in [6.45, 7) is -0.896. The minimum absolute atomic E-state index is 0.0858. The number of nitrogens with one attached hydrogen (secondary N) is 1. The number of halogens is 2. The molecular weight excluding hydrogens is 226 g/mol. The lowest BCUT2D eigenvalue weighted by Crippen LogP contribution is -2.28. The summed E-state index contributed by atoms with van der Waals surface area (Å²) in [6, 6.07) is 5.28. The fourth-order valence-corrected chi connectivity index (χ4v) is 1.91. The molecule has 0 atom stereocenters. The van der Waals surface area contributed by atoms with E-state index in [9.17, 15) is 17.2 Å². The van der Waals surface area contributed by atoms with Crippen LogP contribution >= 0.6 is 0 Å². The molecule has 0 fully saturated rings. The Morgan fingerprint density at radius 1 is 1.27 bits per heavy atom. The van der Waals surface area contributed by atoms with Gasteiger partial charge in [-0.05, 0) is 24.3 Å². The van der Waals surface area contributed by atoms with Gasteiger partial charge >= 0.3 is 0 Å². The lowest BCUT2D eigenvalue weighted by molar-refractivity contribution is 0.153. The van der Waals surface area contributed by atoms with Gasteiger partial charge in [0.05, 0.1) is 11.4 Å². The second kappa shape index (κ2) is 4.54. The van der Waals surface area contributed by atoms with E-state index in [-0.39, 0.29) is 4.90 Å². The van der Waals surface area contributed by atoms with E-state index in [1.807, 2.05) is 0 Å². The molecule has 0 heterocycles. The molecule has 0 amide bonds. The van der Waals surface area contributed by atoms with Crippen LogP contribution in [0, 0.1) is 0 Å². The van der Waals surface area contributed by atoms with Gasteiger partial charge in [-0.25, -0.2) is 21.9 Å². The normalized spacial score (nSPS) is 11.9. The van der Waals surface area contributed by atoms with Crippen LogP contribution in [0.5, 0.6) is 0 Å². The van der Waals surface area contributed by atoms with Crippen molar-refractivity contribution < 1.29 is 17.2 Å². The van der Waals surface area contributed by atoms with Gasteiger partial charge in [0.1, 0.15) is 0 Å². The molecule has 0 unspecified atom stereocenters. The summed E-state index contributed by atoms with van der Waals surface area (Å²) in [5.41, 5.74) is 5.76. The van der Waals surface area contributed by atoms with E-state index in [4.69, 9.17) is 5.73 Å². The summed E-state index contributed by atoms with van der Waals surface area (Å²) < 4.78 is 48.1. The van der Waals surface area contributed by atoms with Crippen LogP contribution in [0.3, 0.4) is 0 Å². The number of anilines is 1. The maximum atomic E-state index is 11.8. The molecule has 4 nitrogen and oxygen atoms in total. The minimum atomic E-state index is -3.86. The Balaban J connectivity index is 2.82. The predicted molar refractivity (Wildman–Crippen MR) is 52.0 cm³/mol. The monoisotopic (exact) mass is 236 g/mol. The Morgan fingerprint density at radius 3 is 2.27 bits per heavy atom. The summed E-state index contributed by atoms with van der Waals surface area (Å²) >= 11 is 0. The molecule has 3 N–H and O–H groups in total. The first kappa shape index (κ1) is 11.9. The molecule has 0 saturated carbocycles. The fraction of sp³-hybridized carbons (Fsp3) is 0.250. The number of sulfonamides is 1. The van der Waals surface area contributed by atoms with Crippen molar-refractivity contribution in [3.05, 3.63) is 24.3 Å². The first-order valence-electron chi connectivity index (χ1n) is 4.05. The Morgan fingerprint density at radius 2 is 1.80 bits per heavy atom. The molecule has 1 rings (SSSR count). The van der Waals surface area contributed by atoms with E-state index in [2.05, 4.69) is 0 Å².